The van der Waals surface area contributed by atoms with E-state index < -0.39 is 17.1 Å². The van der Waals surface area contributed by atoms with Crippen molar-refractivity contribution in [3.8, 4) is 0 Å². The van der Waals surface area contributed by atoms with E-state index in [2.05, 4.69) is 36.6 Å². The van der Waals surface area contributed by atoms with E-state index in [9.17, 15) is 18.5 Å². The Morgan fingerprint density at radius 1 is 1.45 bits per heavy atom. The molecule has 1 aliphatic heterocycles. The number of rotatable bonds is 5. The molecule has 0 unspecified atom stereocenters. The molecule has 6 nitrogen and oxygen atoms in total. The van der Waals surface area contributed by atoms with E-state index in [1.54, 1.807) is 23.8 Å². The highest BCUT2D eigenvalue weighted by atomic mass is 79.9. The summed E-state index contributed by atoms with van der Waals surface area (Å²) in [7, 11) is -4.43. The van der Waals surface area contributed by atoms with Crippen molar-refractivity contribution < 1.29 is 18.5 Å². The van der Waals surface area contributed by atoms with Crippen molar-refractivity contribution >= 4 is 48.9 Å². The molecule has 1 heterocycles. The zero-order valence-electron chi connectivity index (χ0n) is 11.9. The van der Waals surface area contributed by atoms with E-state index in [0.717, 1.165) is 0 Å². The Hall–Kier alpha value is 0.0349. The number of nitrogens with zero attached hydrogens (tertiary/aromatic N) is 1. The van der Waals surface area contributed by atoms with Gasteiger partial charge in [-0.05, 0) is 47.4 Å². The number of hydrogen-bond donors (Lipinski definition) is 3. The minimum atomic E-state index is -3.69. The first-order valence-corrected chi connectivity index (χ1v) is 9.83. The van der Waals surface area contributed by atoms with Crippen molar-refractivity contribution in [1.29, 1.82) is 0 Å². The van der Waals surface area contributed by atoms with Crippen molar-refractivity contribution in [3.05, 3.63) is 27.1 Å². The van der Waals surface area contributed by atoms with Crippen LogP contribution in [0, 0.1) is 0 Å². The average molecular weight is 456 g/mol. The van der Waals surface area contributed by atoms with E-state index in [0.29, 0.717) is 21.9 Å². The Kier molecular flexibility index (Phi) is 6.09. The predicted molar refractivity (Wildman–Crippen MR) is 92.0 cm³/mol. The van der Waals surface area contributed by atoms with Crippen molar-refractivity contribution in [2.75, 3.05) is 13.2 Å². The monoisotopic (exact) mass is 454 g/mol. The molecule has 10 heteroatoms. The highest BCUT2D eigenvalue weighted by Gasteiger charge is 2.37. The van der Waals surface area contributed by atoms with Crippen LogP contribution in [0.3, 0.4) is 0 Å². The first kappa shape index (κ1) is 18.4. The summed E-state index contributed by atoms with van der Waals surface area (Å²) in [5, 5.41) is 19.0. The van der Waals surface area contributed by atoms with Crippen LogP contribution < -0.4 is 4.72 Å². The Morgan fingerprint density at radius 2 is 2.14 bits per heavy atom. The van der Waals surface area contributed by atoms with Crippen LogP contribution in [-0.2, 0) is 10.0 Å². The first-order chi connectivity index (χ1) is 10.2. The molecular formula is C12H17BBr2N2O4S. The maximum atomic E-state index is 12.5. The average Bonchev–Trinajstić information content (AvgIpc) is 2.83. The fraction of sp³-hybridized carbons (Fsp3) is 0.500. The first-order valence-electron chi connectivity index (χ1n) is 6.76. The van der Waals surface area contributed by atoms with Crippen LogP contribution in [0.15, 0.2) is 32.0 Å². The second-order valence-electron chi connectivity index (χ2n) is 5.29. The zero-order chi connectivity index (χ0) is 16.5. The summed E-state index contributed by atoms with van der Waals surface area (Å²) in [6, 6.07) is 4.32. The molecule has 1 aliphatic rings. The fourth-order valence-electron chi connectivity index (χ4n) is 2.63. The molecule has 1 aromatic rings. The summed E-state index contributed by atoms with van der Waals surface area (Å²) in [4.78, 5) is 1.83. The number of aliphatic hydroxyl groups excluding tert-OH is 1. The minimum Gasteiger partial charge on any atom is -0.437 e. The van der Waals surface area contributed by atoms with Crippen molar-refractivity contribution in [2.24, 2.45) is 0 Å². The molecule has 22 heavy (non-hydrogen) atoms. The quantitative estimate of drug-likeness (QED) is 0.577. The standard InChI is InChI=1S/C12H17BBr2N2O4S/c1-13(19)17-6-9(5-10(17)7-18)16-22(20,21)12-4-8(14)2-3-11(12)15/h2-4,9-10,16,18-19H,5-7H2,1H3/t9-,10-/m1/s1. The fourth-order valence-corrected chi connectivity index (χ4v) is 5.37. The van der Waals surface area contributed by atoms with Crippen LogP contribution in [0.25, 0.3) is 0 Å². The summed E-state index contributed by atoms with van der Waals surface area (Å²) in [6.45, 7) is 1.84. The van der Waals surface area contributed by atoms with Crippen molar-refractivity contribution in [3.63, 3.8) is 0 Å². The van der Waals surface area contributed by atoms with E-state index >= 15 is 0 Å². The van der Waals surface area contributed by atoms with Gasteiger partial charge in [-0.3, -0.25) is 0 Å². The number of halogens is 2. The summed E-state index contributed by atoms with van der Waals surface area (Å²) < 4.78 is 28.8. The van der Waals surface area contributed by atoms with Crippen LogP contribution in [0.5, 0.6) is 0 Å². The Labute approximate surface area is 147 Å². The second-order valence-corrected chi connectivity index (χ2v) is 8.75. The van der Waals surface area contributed by atoms with E-state index in [1.165, 1.54) is 6.07 Å². The molecule has 0 bridgehead atoms. The van der Waals surface area contributed by atoms with Crippen LogP contribution in [0.4, 0.5) is 0 Å². The molecule has 1 aromatic carbocycles. The van der Waals surface area contributed by atoms with Gasteiger partial charge in [0, 0.05) is 27.6 Å². The van der Waals surface area contributed by atoms with Crippen LogP contribution in [0.2, 0.25) is 6.82 Å². The van der Waals surface area contributed by atoms with Gasteiger partial charge in [-0.2, -0.15) is 0 Å². The van der Waals surface area contributed by atoms with Gasteiger partial charge in [0.2, 0.25) is 10.0 Å². The van der Waals surface area contributed by atoms with Gasteiger partial charge in [-0.25, -0.2) is 13.1 Å². The Morgan fingerprint density at radius 3 is 2.68 bits per heavy atom. The van der Waals surface area contributed by atoms with Crippen molar-refractivity contribution in [2.45, 2.75) is 30.2 Å². The maximum absolute atomic E-state index is 12.5. The lowest BCUT2D eigenvalue weighted by molar-refractivity contribution is 0.202. The maximum Gasteiger partial charge on any atom is 0.376 e. The van der Waals surface area contributed by atoms with Gasteiger partial charge in [0.1, 0.15) is 0 Å². The number of sulfonamides is 1. The van der Waals surface area contributed by atoms with Gasteiger partial charge in [0.15, 0.2) is 0 Å². The summed E-state index contributed by atoms with van der Waals surface area (Å²) in [5.41, 5.74) is 0. The largest absolute Gasteiger partial charge is 0.437 e. The molecule has 122 valence electrons. The molecule has 0 saturated carbocycles. The lowest BCUT2D eigenvalue weighted by Gasteiger charge is -2.22. The summed E-state index contributed by atoms with van der Waals surface area (Å²) >= 11 is 6.51. The topological polar surface area (TPSA) is 89.9 Å². The number of benzene rings is 1. The van der Waals surface area contributed by atoms with Gasteiger partial charge in [0.25, 0.3) is 0 Å². The molecule has 0 radical (unpaired) electrons. The van der Waals surface area contributed by atoms with Crippen LogP contribution in [0.1, 0.15) is 6.42 Å². The van der Waals surface area contributed by atoms with Gasteiger partial charge < -0.3 is 14.9 Å². The van der Waals surface area contributed by atoms with Crippen molar-refractivity contribution in [1.82, 2.24) is 9.53 Å². The van der Waals surface area contributed by atoms with Gasteiger partial charge >= 0.3 is 7.05 Å². The molecule has 0 aromatic heterocycles. The third kappa shape index (κ3) is 4.11. The van der Waals surface area contributed by atoms with E-state index in [1.807, 2.05) is 0 Å². The molecule has 0 aliphatic carbocycles. The molecule has 0 spiro atoms. The number of aliphatic hydroxyl groups is 1. The smallest absolute Gasteiger partial charge is 0.376 e. The third-order valence-corrected chi connectivity index (χ3v) is 6.66. The lowest BCUT2D eigenvalue weighted by Crippen LogP contribution is -2.44. The lowest BCUT2D eigenvalue weighted by atomic mass is 9.84. The van der Waals surface area contributed by atoms with Crippen LogP contribution >= 0.6 is 31.9 Å². The predicted octanol–water partition coefficient (Wildman–Crippen LogP) is 1.04. The summed E-state index contributed by atoms with van der Waals surface area (Å²) in [5.74, 6) is 0. The second kappa shape index (κ2) is 7.29. The summed E-state index contributed by atoms with van der Waals surface area (Å²) in [6.07, 6.45) is 0.451. The molecule has 0 amide bonds. The molecule has 1 saturated heterocycles. The molecular weight excluding hydrogens is 439 g/mol. The Balaban J connectivity index is 2.18. The molecule has 1 fully saturated rings. The van der Waals surface area contributed by atoms with Crippen LogP contribution in [-0.4, -0.2) is 55.6 Å². The SMILES string of the molecule is CB(O)N1C[C@H](NS(=O)(=O)c2cc(Br)ccc2Br)C[C@@H]1CO. The molecule has 2 atom stereocenters. The normalized spacial score (nSPS) is 23.0. The number of nitrogens with one attached hydrogen (secondary N) is 1. The van der Waals surface area contributed by atoms with Gasteiger partial charge in [0.05, 0.1) is 11.5 Å². The number of hydrogen-bond acceptors (Lipinski definition) is 5. The van der Waals surface area contributed by atoms with Gasteiger partial charge in [-0.1, -0.05) is 15.9 Å². The zero-order valence-corrected chi connectivity index (χ0v) is 15.9. The molecule has 2 rings (SSSR count). The highest BCUT2D eigenvalue weighted by Crippen LogP contribution is 2.27. The molecule has 3 N–H and O–H groups in total. The minimum absolute atomic E-state index is 0.121. The highest BCUT2D eigenvalue weighted by molar-refractivity contribution is 9.11. The van der Waals surface area contributed by atoms with E-state index in [4.69, 9.17) is 0 Å². The third-order valence-electron chi connectivity index (χ3n) is 3.65. The Bertz CT molecular complexity index is 644. The van der Waals surface area contributed by atoms with E-state index in [-0.39, 0.29) is 23.6 Å². The van der Waals surface area contributed by atoms with Gasteiger partial charge in [-0.15, -0.1) is 0 Å².